The molecule has 2 aliphatic rings. The first-order valence-electron chi connectivity index (χ1n) is 9.73. The van der Waals surface area contributed by atoms with E-state index in [2.05, 4.69) is 50.7 Å². The van der Waals surface area contributed by atoms with E-state index in [-0.39, 0.29) is 5.60 Å². The molecular formula is C21H28N4O2. The number of benzene rings is 1. The molecule has 1 N–H and O–H groups in total. The third-order valence-corrected chi connectivity index (χ3v) is 5.33. The first-order chi connectivity index (χ1) is 13.2. The van der Waals surface area contributed by atoms with Gasteiger partial charge >= 0.3 is 0 Å². The number of rotatable bonds is 5. The third-order valence-electron chi connectivity index (χ3n) is 5.33. The van der Waals surface area contributed by atoms with Gasteiger partial charge in [-0.25, -0.2) is 0 Å². The summed E-state index contributed by atoms with van der Waals surface area (Å²) >= 11 is 0. The molecule has 0 amide bonds. The van der Waals surface area contributed by atoms with Crippen LogP contribution in [0.1, 0.15) is 17.7 Å². The van der Waals surface area contributed by atoms with Gasteiger partial charge in [-0.1, -0.05) is 30.3 Å². The Morgan fingerprint density at radius 1 is 1.19 bits per heavy atom. The fraction of sp³-hybridized carbons (Fsp3) is 0.524. The molecule has 1 spiro atoms. The normalized spacial score (nSPS) is 26.2. The standard InChI is InChI=1S/C21H28N4O2/c1-17-7-8-20(24-23-17)22-12-19-11-21(27-14-19)15-25(9-10-26-16-21)13-18-5-3-2-4-6-18/h2-8,19H,9-16H2,1H3,(H,22,24)/t19-,21-/m1/s1. The van der Waals surface area contributed by atoms with Crippen LogP contribution in [-0.4, -0.2) is 60.2 Å². The Morgan fingerprint density at radius 3 is 2.89 bits per heavy atom. The Kier molecular flexibility index (Phi) is 5.66. The Morgan fingerprint density at radius 2 is 2.07 bits per heavy atom. The van der Waals surface area contributed by atoms with Gasteiger partial charge in [-0.15, -0.1) is 5.10 Å². The van der Waals surface area contributed by atoms with Crippen molar-refractivity contribution in [1.82, 2.24) is 15.1 Å². The average Bonchev–Trinajstić information content (AvgIpc) is 2.97. The van der Waals surface area contributed by atoms with E-state index in [1.54, 1.807) is 0 Å². The molecular weight excluding hydrogens is 340 g/mol. The van der Waals surface area contributed by atoms with Crippen molar-refractivity contribution >= 4 is 5.82 Å². The Balaban J connectivity index is 1.34. The van der Waals surface area contributed by atoms with Gasteiger partial charge in [0.2, 0.25) is 0 Å². The van der Waals surface area contributed by atoms with E-state index >= 15 is 0 Å². The van der Waals surface area contributed by atoms with Gasteiger partial charge in [-0.05, 0) is 31.0 Å². The summed E-state index contributed by atoms with van der Waals surface area (Å²) in [5.74, 6) is 1.28. The van der Waals surface area contributed by atoms with Crippen LogP contribution in [0.3, 0.4) is 0 Å². The topological polar surface area (TPSA) is 59.5 Å². The molecule has 2 aliphatic heterocycles. The van der Waals surface area contributed by atoms with Crippen molar-refractivity contribution in [3.8, 4) is 0 Å². The number of aryl methyl sites for hydroxylation is 1. The molecule has 2 aromatic rings. The summed E-state index contributed by atoms with van der Waals surface area (Å²) in [5, 5.41) is 11.7. The fourth-order valence-electron chi connectivity index (χ4n) is 3.98. The summed E-state index contributed by atoms with van der Waals surface area (Å²) in [6.45, 7) is 7.80. The van der Waals surface area contributed by atoms with Gasteiger partial charge < -0.3 is 14.8 Å². The lowest BCUT2D eigenvalue weighted by Gasteiger charge is -2.31. The van der Waals surface area contributed by atoms with E-state index in [1.165, 1.54) is 5.56 Å². The van der Waals surface area contributed by atoms with Gasteiger partial charge in [0.1, 0.15) is 11.4 Å². The van der Waals surface area contributed by atoms with Crippen LogP contribution in [0.2, 0.25) is 0 Å². The summed E-state index contributed by atoms with van der Waals surface area (Å²) in [5.41, 5.74) is 2.07. The number of hydrogen-bond donors (Lipinski definition) is 1. The zero-order chi connectivity index (χ0) is 18.5. The molecule has 6 nitrogen and oxygen atoms in total. The van der Waals surface area contributed by atoms with Gasteiger partial charge in [0.15, 0.2) is 0 Å². The highest BCUT2D eigenvalue weighted by molar-refractivity contribution is 5.32. The number of aromatic nitrogens is 2. The zero-order valence-corrected chi connectivity index (χ0v) is 15.9. The van der Waals surface area contributed by atoms with Crippen LogP contribution in [0.15, 0.2) is 42.5 Å². The van der Waals surface area contributed by atoms with Crippen molar-refractivity contribution in [1.29, 1.82) is 0 Å². The maximum Gasteiger partial charge on any atom is 0.148 e. The van der Waals surface area contributed by atoms with Crippen LogP contribution in [0.25, 0.3) is 0 Å². The summed E-state index contributed by atoms with van der Waals surface area (Å²) in [4.78, 5) is 2.46. The molecule has 0 aliphatic carbocycles. The molecule has 2 fully saturated rings. The minimum Gasteiger partial charge on any atom is -0.377 e. The second kappa shape index (κ2) is 8.33. The molecule has 2 atom stereocenters. The number of anilines is 1. The van der Waals surface area contributed by atoms with Crippen LogP contribution in [0.5, 0.6) is 0 Å². The first kappa shape index (κ1) is 18.3. The van der Waals surface area contributed by atoms with Crippen molar-refractivity contribution in [2.24, 2.45) is 5.92 Å². The molecule has 1 aromatic carbocycles. The molecule has 0 saturated carbocycles. The van der Waals surface area contributed by atoms with Crippen LogP contribution < -0.4 is 5.32 Å². The van der Waals surface area contributed by atoms with Crippen molar-refractivity contribution in [3.63, 3.8) is 0 Å². The number of nitrogens with zero attached hydrogens (tertiary/aromatic N) is 3. The Labute approximate surface area is 160 Å². The fourth-order valence-corrected chi connectivity index (χ4v) is 3.98. The van der Waals surface area contributed by atoms with E-state index in [0.717, 1.165) is 57.3 Å². The minimum absolute atomic E-state index is 0.198. The monoisotopic (exact) mass is 368 g/mol. The quantitative estimate of drug-likeness (QED) is 0.875. The number of ether oxygens (including phenoxy) is 2. The van der Waals surface area contributed by atoms with E-state index in [1.807, 2.05) is 19.1 Å². The summed E-state index contributed by atoms with van der Waals surface area (Å²) in [6, 6.07) is 14.6. The minimum atomic E-state index is -0.198. The average molecular weight is 368 g/mol. The SMILES string of the molecule is Cc1ccc(NC[C@@H]2CO[C@]3(COCCN(Cc4ccccc4)C3)C2)nn1. The lowest BCUT2D eigenvalue weighted by molar-refractivity contribution is -0.0562. The maximum atomic E-state index is 6.31. The van der Waals surface area contributed by atoms with Crippen molar-refractivity contribution in [3.05, 3.63) is 53.7 Å². The number of hydrogen-bond acceptors (Lipinski definition) is 6. The van der Waals surface area contributed by atoms with Gasteiger partial charge in [-0.3, -0.25) is 4.90 Å². The lowest BCUT2D eigenvalue weighted by atomic mass is 9.94. The Hall–Kier alpha value is -2.02. The molecule has 0 unspecified atom stereocenters. The van der Waals surface area contributed by atoms with Gasteiger partial charge in [0.25, 0.3) is 0 Å². The molecule has 27 heavy (non-hydrogen) atoms. The second-order valence-corrected chi connectivity index (χ2v) is 7.75. The molecule has 1 aromatic heterocycles. The molecule has 2 saturated heterocycles. The van der Waals surface area contributed by atoms with Crippen molar-refractivity contribution in [2.45, 2.75) is 25.5 Å². The van der Waals surface area contributed by atoms with Crippen molar-refractivity contribution < 1.29 is 9.47 Å². The summed E-state index contributed by atoms with van der Waals surface area (Å²) in [7, 11) is 0. The smallest absolute Gasteiger partial charge is 0.148 e. The molecule has 6 heteroatoms. The highest BCUT2D eigenvalue weighted by Gasteiger charge is 2.43. The number of nitrogens with one attached hydrogen (secondary N) is 1. The highest BCUT2D eigenvalue weighted by atomic mass is 16.5. The van der Waals surface area contributed by atoms with Gasteiger partial charge in [0.05, 0.1) is 25.5 Å². The maximum absolute atomic E-state index is 6.31. The predicted octanol–water partition coefficient (Wildman–Crippen LogP) is 2.50. The van der Waals surface area contributed by atoms with Gasteiger partial charge in [-0.2, -0.15) is 5.10 Å². The van der Waals surface area contributed by atoms with E-state index in [0.29, 0.717) is 12.5 Å². The van der Waals surface area contributed by atoms with E-state index < -0.39 is 0 Å². The van der Waals surface area contributed by atoms with Crippen LogP contribution in [0, 0.1) is 12.8 Å². The lowest BCUT2D eigenvalue weighted by Crippen LogP contribution is -2.43. The zero-order valence-electron chi connectivity index (χ0n) is 15.9. The van der Waals surface area contributed by atoms with E-state index in [9.17, 15) is 0 Å². The van der Waals surface area contributed by atoms with Gasteiger partial charge in [0, 0.05) is 32.1 Å². The Bertz CT molecular complexity index is 725. The molecule has 144 valence electrons. The van der Waals surface area contributed by atoms with Crippen LogP contribution in [0.4, 0.5) is 5.82 Å². The molecule has 0 radical (unpaired) electrons. The van der Waals surface area contributed by atoms with Crippen LogP contribution in [-0.2, 0) is 16.0 Å². The van der Waals surface area contributed by atoms with E-state index in [4.69, 9.17) is 9.47 Å². The second-order valence-electron chi connectivity index (χ2n) is 7.75. The first-order valence-corrected chi connectivity index (χ1v) is 9.73. The predicted molar refractivity (Wildman–Crippen MR) is 105 cm³/mol. The summed E-state index contributed by atoms with van der Waals surface area (Å²) in [6.07, 6.45) is 1.00. The third kappa shape index (κ3) is 4.83. The molecule has 0 bridgehead atoms. The largest absolute Gasteiger partial charge is 0.377 e. The summed E-state index contributed by atoms with van der Waals surface area (Å²) < 4.78 is 12.2. The van der Waals surface area contributed by atoms with Crippen LogP contribution >= 0.6 is 0 Å². The highest BCUT2D eigenvalue weighted by Crippen LogP contribution is 2.33. The van der Waals surface area contributed by atoms with Crippen molar-refractivity contribution in [2.75, 3.05) is 44.8 Å². The molecule has 3 heterocycles. The molecule has 4 rings (SSSR count).